The molecule has 0 amide bonds. The number of phenols is 1. The molecule has 0 saturated carbocycles. The van der Waals surface area contributed by atoms with Crippen LogP contribution in [0.15, 0.2) is 30.6 Å². The molecule has 1 fully saturated rings. The molecule has 2 aromatic carbocycles. The van der Waals surface area contributed by atoms with Crippen LogP contribution in [0, 0.1) is 12.7 Å². The van der Waals surface area contributed by atoms with Crippen molar-refractivity contribution in [3.8, 4) is 17.2 Å². The second kappa shape index (κ2) is 10.2. The monoisotopic (exact) mass is 455 g/mol. The fourth-order valence-electron chi connectivity index (χ4n) is 3.92. The molecule has 9 heteroatoms. The SMILES string of the molecule is COc1cc2c(Nc3c(F)ccc(O)c3C)ncnc2cc1OCCCN1CCN(C)CC1. The lowest BCUT2D eigenvalue weighted by atomic mass is 10.1. The lowest BCUT2D eigenvalue weighted by molar-refractivity contribution is 0.145. The van der Waals surface area contributed by atoms with E-state index < -0.39 is 5.82 Å². The van der Waals surface area contributed by atoms with Crippen LogP contribution in [0.1, 0.15) is 12.0 Å². The van der Waals surface area contributed by atoms with Gasteiger partial charge >= 0.3 is 0 Å². The van der Waals surface area contributed by atoms with Crippen molar-refractivity contribution in [1.82, 2.24) is 19.8 Å². The Morgan fingerprint density at radius 2 is 1.91 bits per heavy atom. The number of hydrogen-bond donors (Lipinski definition) is 2. The minimum Gasteiger partial charge on any atom is -0.508 e. The summed E-state index contributed by atoms with van der Waals surface area (Å²) in [6, 6.07) is 6.12. The summed E-state index contributed by atoms with van der Waals surface area (Å²) in [5.41, 5.74) is 1.20. The number of anilines is 2. The Morgan fingerprint density at radius 3 is 2.67 bits per heavy atom. The number of halogens is 1. The van der Waals surface area contributed by atoms with Gasteiger partial charge in [-0.25, -0.2) is 14.4 Å². The summed E-state index contributed by atoms with van der Waals surface area (Å²) in [4.78, 5) is 13.4. The molecule has 0 spiro atoms. The van der Waals surface area contributed by atoms with Gasteiger partial charge in [0.15, 0.2) is 11.5 Å². The number of methoxy groups -OCH3 is 1. The third-order valence-corrected chi connectivity index (χ3v) is 6.02. The number of fused-ring (bicyclic) bond motifs is 1. The number of piperazine rings is 1. The lowest BCUT2D eigenvalue weighted by Gasteiger charge is -2.32. The number of benzene rings is 2. The summed E-state index contributed by atoms with van der Waals surface area (Å²) < 4.78 is 26.0. The number of rotatable bonds is 8. The van der Waals surface area contributed by atoms with E-state index in [1.165, 1.54) is 18.5 Å². The maximum atomic E-state index is 14.4. The minimum atomic E-state index is -0.482. The Hall–Kier alpha value is -3.17. The number of phenolic OH excluding ortho intramolecular Hbond substituents is 1. The van der Waals surface area contributed by atoms with Gasteiger partial charge in [-0.3, -0.25) is 0 Å². The van der Waals surface area contributed by atoms with Gasteiger partial charge in [0, 0.05) is 49.7 Å². The molecule has 4 rings (SSSR count). The molecule has 2 N–H and O–H groups in total. The first kappa shape index (κ1) is 23.0. The van der Waals surface area contributed by atoms with Crippen LogP contribution >= 0.6 is 0 Å². The maximum absolute atomic E-state index is 14.4. The molecule has 2 heterocycles. The fraction of sp³-hybridized carbons (Fsp3) is 0.417. The number of ether oxygens (including phenoxy) is 2. The molecule has 176 valence electrons. The molecule has 0 bridgehead atoms. The van der Waals surface area contributed by atoms with E-state index >= 15 is 0 Å². The first-order valence-corrected chi connectivity index (χ1v) is 11.1. The van der Waals surface area contributed by atoms with Crippen molar-refractivity contribution in [2.24, 2.45) is 0 Å². The van der Waals surface area contributed by atoms with Crippen LogP contribution in [0.25, 0.3) is 10.9 Å². The highest BCUT2D eigenvalue weighted by atomic mass is 19.1. The number of likely N-dealkylation sites (N-methyl/N-ethyl adjacent to an activating group) is 1. The Morgan fingerprint density at radius 1 is 1.12 bits per heavy atom. The van der Waals surface area contributed by atoms with Gasteiger partial charge in [0.25, 0.3) is 0 Å². The third kappa shape index (κ3) is 5.26. The number of nitrogens with zero attached hydrogens (tertiary/aromatic N) is 4. The van der Waals surface area contributed by atoms with E-state index in [0.717, 1.165) is 39.1 Å². The van der Waals surface area contributed by atoms with Crippen molar-refractivity contribution in [2.45, 2.75) is 13.3 Å². The molecule has 3 aromatic rings. The summed E-state index contributed by atoms with van der Waals surface area (Å²) in [5, 5.41) is 13.6. The molecule has 0 aliphatic carbocycles. The summed E-state index contributed by atoms with van der Waals surface area (Å²) in [7, 11) is 3.73. The fourth-order valence-corrected chi connectivity index (χ4v) is 3.92. The summed E-state index contributed by atoms with van der Waals surface area (Å²) in [5.74, 6) is 1.08. The maximum Gasteiger partial charge on any atom is 0.163 e. The first-order chi connectivity index (χ1) is 16.0. The van der Waals surface area contributed by atoms with Gasteiger partial charge in [0.1, 0.15) is 23.7 Å². The zero-order valence-corrected chi connectivity index (χ0v) is 19.3. The van der Waals surface area contributed by atoms with Gasteiger partial charge in [-0.1, -0.05) is 0 Å². The molecule has 0 unspecified atom stereocenters. The predicted octanol–water partition coefficient (Wildman–Crippen LogP) is 3.55. The van der Waals surface area contributed by atoms with Crippen LogP contribution in [0.5, 0.6) is 17.2 Å². The van der Waals surface area contributed by atoms with E-state index in [2.05, 4.69) is 32.1 Å². The van der Waals surface area contributed by atoms with Crippen LogP contribution in [0.4, 0.5) is 15.9 Å². The predicted molar refractivity (Wildman–Crippen MR) is 126 cm³/mol. The second-order valence-corrected chi connectivity index (χ2v) is 8.28. The molecular weight excluding hydrogens is 425 g/mol. The Labute approximate surface area is 193 Å². The molecule has 0 atom stereocenters. The minimum absolute atomic E-state index is 0.00195. The molecule has 0 radical (unpaired) electrons. The zero-order chi connectivity index (χ0) is 23.4. The molecule has 33 heavy (non-hydrogen) atoms. The molecule has 1 aromatic heterocycles. The smallest absolute Gasteiger partial charge is 0.163 e. The van der Waals surface area contributed by atoms with Gasteiger partial charge in [0.05, 0.1) is 24.9 Å². The van der Waals surface area contributed by atoms with Crippen LogP contribution in [0.2, 0.25) is 0 Å². The Bertz CT molecular complexity index is 1120. The summed E-state index contributed by atoms with van der Waals surface area (Å²) in [6.45, 7) is 7.57. The quantitative estimate of drug-likeness (QED) is 0.499. The van der Waals surface area contributed by atoms with Crippen molar-refractivity contribution < 1.29 is 19.0 Å². The largest absolute Gasteiger partial charge is 0.508 e. The number of aromatic hydroxyl groups is 1. The third-order valence-electron chi connectivity index (χ3n) is 6.02. The number of aromatic nitrogens is 2. The molecule has 1 aliphatic rings. The highest BCUT2D eigenvalue weighted by Gasteiger charge is 2.16. The van der Waals surface area contributed by atoms with Crippen LogP contribution in [-0.4, -0.2) is 78.4 Å². The van der Waals surface area contributed by atoms with E-state index in [-0.39, 0.29) is 11.4 Å². The molecular formula is C24H30FN5O3. The summed E-state index contributed by atoms with van der Waals surface area (Å²) >= 11 is 0. The average molecular weight is 456 g/mol. The lowest BCUT2D eigenvalue weighted by Crippen LogP contribution is -2.44. The van der Waals surface area contributed by atoms with Gasteiger partial charge < -0.3 is 29.7 Å². The van der Waals surface area contributed by atoms with Crippen molar-refractivity contribution in [3.05, 3.63) is 42.0 Å². The molecule has 1 aliphatic heterocycles. The van der Waals surface area contributed by atoms with Crippen LogP contribution in [-0.2, 0) is 0 Å². The van der Waals surface area contributed by atoms with E-state index in [9.17, 15) is 9.50 Å². The second-order valence-electron chi connectivity index (χ2n) is 8.28. The van der Waals surface area contributed by atoms with Crippen molar-refractivity contribution in [1.29, 1.82) is 0 Å². The normalized spacial score (nSPS) is 15.0. The molecule has 8 nitrogen and oxygen atoms in total. The van der Waals surface area contributed by atoms with E-state index in [1.807, 2.05) is 6.07 Å². The first-order valence-electron chi connectivity index (χ1n) is 11.1. The topological polar surface area (TPSA) is 83.0 Å². The Balaban J connectivity index is 1.49. The molecule has 1 saturated heterocycles. The van der Waals surface area contributed by atoms with Crippen molar-refractivity contribution >= 4 is 22.4 Å². The average Bonchev–Trinajstić information content (AvgIpc) is 2.82. The van der Waals surface area contributed by atoms with Gasteiger partial charge in [-0.15, -0.1) is 0 Å². The standard InChI is InChI=1S/C24H30FN5O3/c1-16-20(31)6-5-18(25)23(16)28-24-17-13-21(32-3)22(14-19(17)26-15-27-24)33-12-4-7-30-10-8-29(2)9-11-30/h5-6,13-15,31H,4,7-12H2,1-3H3,(H,26,27,28). The summed E-state index contributed by atoms with van der Waals surface area (Å²) in [6.07, 6.45) is 2.32. The van der Waals surface area contributed by atoms with Crippen molar-refractivity contribution in [2.75, 3.05) is 58.8 Å². The number of nitrogens with one attached hydrogen (secondary N) is 1. The van der Waals surface area contributed by atoms with E-state index in [0.29, 0.717) is 40.4 Å². The zero-order valence-electron chi connectivity index (χ0n) is 19.3. The van der Waals surface area contributed by atoms with Gasteiger partial charge in [-0.05, 0) is 38.6 Å². The van der Waals surface area contributed by atoms with Crippen molar-refractivity contribution in [3.63, 3.8) is 0 Å². The number of hydrogen-bond acceptors (Lipinski definition) is 8. The van der Waals surface area contributed by atoms with Gasteiger partial charge in [0.2, 0.25) is 0 Å². The Kier molecular flexibility index (Phi) is 7.10. The van der Waals surface area contributed by atoms with Gasteiger partial charge in [-0.2, -0.15) is 0 Å². The van der Waals surface area contributed by atoms with E-state index in [4.69, 9.17) is 9.47 Å². The highest BCUT2D eigenvalue weighted by molar-refractivity contribution is 5.93. The highest BCUT2D eigenvalue weighted by Crippen LogP contribution is 2.36. The van der Waals surface area contributed by atoms with E-state index in [1.54, 1.807) is 20.1 Å². The van der Waals surface area contributed by atoms with Crippen LogP contribution < -0.4 is 14.8 Å². The van der Waals surface area contributed by atoms with Crippen LogP contribution in [0.3, 0.4) is 0 Å².